The van der Waals surface area contributed by atoms with Crippen LogP contribution in [0.1, 0.15) is 18.7 Å². The average molecular weight is 312 g/mol. The normalized spacial score (nSPS) is 15.6. The van der Waals surface area contributed by atoms with E-state index in [9.17, 15) is 4.79 Å². The molecule has 1 aliphatic heterocycles. The van der Waals surface area contributed by atoms with Crippen molar-refractivity contribution in [3.05, 3.63) is 46.8 Å². The van der Waals surface area contributed by atoms with Gasteiger partial charge in [-0.05, 0) is 49.7 Å². The first-order valence-corrected chi connectivity index (χ1v) is 8.27. The third kappa shape index (κ3) is 2.55. The molecule has 0 aromatic carbocycles. The number of rotatable bonds is 3. The fourth-order valence-corrected chi connectivity index (χ4v) is 3.87. The van der Waals surface area contributed by atoms with Crippen LogP contribution in [0, 0.1) is 0 Å². The van der Waals surface area contributed by atoms with Crippen molar-refractivity contribution in [3.8, 4) is 10.4 Å². The van der Waals surface area contributed by atoms with Crippen molar-refractivity contribution in [3.63, 3.8) is 0 Å². The maximum absolute atomic E-state index is 12.3. The first kappa shape index (κ1) is 13.6. The Hall–Kier alpha value is -2.05. The van der Waals surface area contributed by atoms with Crippen LogP contribution in [0.2, 0.25) is 0 Å². The van der Waals surface area contributed by atoms with Crippen LogP contribution in [-0.4, -0.2) is 32.9 Å². The van der Waals surface area contributed by atoms with Gasteiger partial charge in [0.25, 0.3) is 5.56 Å². The summed E-state index contributed by atoms with van der Waals surface area (Å²) in [6, 6.07) is 5.89. The predicted molar refractivity (Wildman–Crippen MR) is 88.0 cm³/mol. The number of thiophene rings is 1. The monoisotopic (exact) mass is 312 g/mol. The molecule has 4 rings (SSSR count). The van der Waals surface area contributed by atoms with E-state index in [1.807, 2.05) is 18.2 Å². The van der Waals surface area contributed by atoms with Crippen LogP contribution in [0.25, 0.3) is 20.7 Å². The van der Waals surface area contributed by atoms with Crippen molar-refractivity contribution < 1.29 is 0 Å². The Bertz CT molecular complexity index is 849. The molecular formula is C16H16N4OS. The molecule has 1 saturated heterocycles. The number of nitrogens with zero attached hydrogens (tertiary/aromatic N) is 3. The van der Waals surface area contributed by atoms with Gasteiger partial charge in [-0.25, -0.2) is 4.98 Å². The first-order valence-electron chi connectivity index (χ1n) is 7.45. The van der Waals surface area contributed by atoms with Gasteiger partial charge in [-0.2, -0.15) is 0 Å². The summed E-state index contributed by atoms with van der Waals surface area (Å²) >= 11 is 1.48. The number of H-pyrrole nitrogens is 1. The lowest BCUT2D eigenvalue weighted by Crippen LogP contribution is -2.22. The van der Waals surface area contributed by atoms with Gasteiger partial charge in [0.1, 0.15) is 10.5 Å². The molecule has 1 fully saturated rings. The standard InChI is InChI=1S/C16H16N4OS/c21-16-15-12(9-13(22-15)11-3-5-17-6-4-11)18-14(19-16)10-20-7-1-2-8-20/h3-6,9H,1-2,7-8,10H2,(H,18,19,21). The van der Waals surface area contributed by atoms with Crippen molar-refractivity contribution >= 4 is 21.6 Å². The van der Waals surface area contributed by atoms with Gasteiger partial charge in [0.2, 0.25) is 0 Å². The Morgan fingerprint density at radius 3 is 2.77 bits per heavy atom. The van der Waals surface area contributed by atoms with Crippen LogP contribution >= 0.6 is 11.3 Å². The summed E-state index contributed by atoms with van der Waals surface area (Å²) in [6.07, 6.45) is 5.99. The summed E-state index contributed by atoms with van der Waals surface area (Å²) in [6.45, 7) is 2.91. The van der Waals surface area contributed by atoms with Crippen LogP contribution in [0.3, 0.4) is 0 Å². The summed E-state index contributed by atoms with van der Waals surface area (Å²) in [5, 5.41) is 0. The van der Waals surface area contributed by atoms with E-state index in [1.54, 1.807) is 12.4 Å². The number of fused-ring (bicyclic) bond motifs is 1. The Kier molecular flexibility index (Phi) is 3.48. The van der Waals surface area contributed by atoms with E-state index in [0.717, 1.165) is 41.4 Å². The van der Waals surface area contributed by atoms with E-state index in [2.05, 4.69) is 19.9 Å². The van der Waals surface area contributed by atoms with Crippen molar-refractivity contribution in [2.24, 2.45) is 0 Å². The SMILES string of the molecule is O=c1[nH]c(CN2CCCC2)nc2cc(-c3ccncc3)sc12. The van der Waals surface area contributed by atoms with Crippen LogP contribution in [0.5, 0.6) is 0 Å². The van der Waals surface area contributed by atoms with Crippen molar-refractivity contribution in [1.82, 2.24) is 19.9 Å². The van der Waals surface area contributed by atoms with Gasteiger partial charge >= 0.3 is 0 Å². The molecule has 0 atom stereocenters. The minimum Gasteiger partial charge on any atom is -0.308 e. The lowest BCUT2D eigenvalue weighted by Gasteiger charge is -2.13. The molecule has 112 valence electrons. The minimum absolute atomic E-state index is 0.0375. The lowest BCUT2D eigenvalue weighted by molar-refractivity contribution is 0.322. The van der Waals surface area contributed by atoms with E-state index in [0.29, 0.717) is 4.70 Å². The lowest BCUT2D eigenvalue weighted by atomic mass is 10.2. The number of aromatic amines is 1. The van der Waals surface area contributed by atoms with E-state index in [-0.39, 0.29) is 5.56 Å². The number of pyridine rings is 1. The number of likely N-dealkylation sites (tertiary alicyclic amines) is 1. The zero-order valence-electron chi connectivity index (χ0n) is 12.1. The molecule has 0 radical (unpaired) electrons. The van der Waals surface area contributed by atoms with Crippen LogP contribution < -0.4 is 5.56 Å². The predicted octanol–water partition coefficient (Wildman–Crippen LogP) is 2.64. The molecule has 0 spiro atoms. The third-order valence-electron chi connectivity index (χ3n) is 3.97. The second kappa shape index (κ2) is 5.62. The molecule has 0 amide bonds. The van der Waals surface area contributed by atoms with Gasteiger partial charge in [-0.15, -0.1) is 11.3 Å². The van der Waals surface area contributed by atoms with Gasteiger partial charge in [-0.3, -0.25) is 14.7 Å². The molecule has 1 N–H and O–H groups in total. The summed E-state index contributed by atoms with van der Waals surface area (Å²) in [7, 11) is 0. The van der Waals surface area contributed by atoms with E-state index in [1.165, 1.54) is 24.2 Å². The molecular weight excluding hydrogens is 296 g/mol. The molecule has 5 nitrogen and oxygen atoms in total. The number of hydrogen-bond donors (Lipinski definition) is 1. The van der Waals surface area contributed by atoms with E-state index >= 15 is 0 Å². The molecule has 0 unspecified atom stereocenters. The summed E-state index contributed by atoms with van der Waals surface area (Å²) in [5.74, 6) is 0.762. The van der Waals surface area contributed by atoms with Gasteiger partial charge in [0.15, 0.2) is 0 Å². The van der Waals surface area contributed by atoms with Gasteiger partial charge < -0.3 is 4.98 Å². The average Bonchev–Trinajstić information content (AvgIpc) is 3.18. The number of nitrogens with one attached hydrogen (secondary N) is 1. The highest BCUT2D eigenvalue weighted by molar-refractivity contribution is 7.22. The Labute approximate surface area is 131 Å². The molecule has 3 aromatic rings. The second-order valence-electron chi connectivity index (χ2n) is 5.56. The molecule has 6 heteroatoms. The largest absolute Gasteiger partial charge is 0.308 e. The molecule has 3 aromatic heterocycles. The fraction of sp³-hybridized carbons (Fsp3) is 0.312. The molecule has 0 aliphatic carbocycles. The molecule has 0 bridgehead atoms. The number of hydrogen-bond acceptors (Lipinski definition) is 5. The topological polar surface area (TPSA) is 61.9 Å². The summed E-state index contributed by atoms with van der Waals surface area (Å²) in [4.78, 5) is 27.3. The maximum Gasteiger partial charge on any atom is 0.268 e. The zero-order chi connectivity index (χ0) is 14.9. The molecule has 4 heterocycles. The smallest absolute Gasteiger partial charge is 0.268 e. The minimum atomic E-state index is -0.0375. The maximum atomic E-state index is 12.3. The highest BCUT2D eigenvalue weighted by atomic mass is 32.1. The zero-order valence-corrected chi connectivity index (χ0v) is 12.9. The van der Waals surface area contributed by atoms with Crippen molar-refractivity contribution in [1.29, 1.82) is 0 Å². The molecule has 1 aliphatic rings. The van der Waals surface area contributed by atoms with Crippen LogP contribution in [0.15, 0.2) is 35.4 Å². The van der Waals surface area contributed by atoms with E-state index < -0.39 is 0 Å². The summed E-state index contributed by atoms with van der Waals surface area (Å²) in [5.41, 5.74) is 1.82. The van der Waals surface area contributed by atoms with Crippen LogP contribution in [0.4, 0.5) is 0 Å². The number of aromatic nitrogens is 3. The van der Waals surface area contributed by atoms with Gasteiger partial charge in [-0.1, -0.05) is 0 Å². The molecule has 22 heavy (non-hydrogen) atoms. The van der Waals surface area contributed by atoms with Crippen LogP contribution in [-0.2, 0) is 6.54 Å². The van der Waals surface area contributed by atoms with Gasteiger partial charge in [0, 0.05) is 17.3 Å². The van der Waals surface area contributed by atoms with Crippen molar-refractivity contribution in [2.75, 3.05) is 13.1 Å². The summed E-state index contributed by atoms with van der Waals surface area (Å²) < 4.78 is 0.692. The first-order chi connectivity index (χ1) is 10.8. The molecule has 0 saturated carbocycles. The van der Waals surface area contributed by atoms with Gasteiger partial charge in [0.05, 0.1) is 12.1 Å². The van der Waals surface area contributed by atoms with Crippen molar-refractivity contribution in [2.45, 2.75) is 19.4 Å². The quantitative estimate of drug-likeness (QED) is 0.807. The second-order valence-corrected chi connectivity index (χ2v) is 6.61. The van der Waals surface area contributed by atoms with E-state index in [4.69, 9.17) is 0 Å². The Morgan fingerprint density at radius 1 is 1.23 bits per heavy atom. The highest BCUT2D eigenvalue weighted by Gasteiger charge is 2.15. The highest BCUT2D eigenvalue weighted by Crippen LogP contribution is 2.30. The Morgan fingerprint density at radius 2 is 2.00 bits per heavy atom. The fourth-order valence-electron chi connectivity index (χ4n) is 2.87. The Balaban J connectivity index is 1.73. The third-order valence-corrected chi connectivity index (χ3v) is 5.14.